The number of methoxy groups -OCH3 is 1. The maximum absolute atomic E-state index is 13.6. The predicted molar refractivity (Wildman–Crippen MR) is 125 cm³/mol. The van der Waals surface area contributed by atoms with E-state index in [4.69, 9.17) is 4.74 Å². The third kappa shape index (κ3) is 4.14. The first-order valence-corrected chi connectivity index (χ1v) is 12.4. The number of hydrogen-bond donors (Lipinski definition) is 1. The van der Waals surface area contributed by atoms with Crippen LogP contribution in [-0.4, -0.2) is 53.1 Å². The summed E-state index contributed by atoms with van der Waals surface area (Å²) in [5.74, 6) is 0.641. The van der Waals surface area contributed by atoms with E-state index >= 15 is 0 Å². The molecule has 0 unspecified atom stereocenters. The van der Waals surface area contributed by atoms with Crippen LogP contribution >= 0.6 is 11.3 Å². The van der Waals surface area contributed by atoms with Crippen molar-refractivity contribution in [2.24, 2.45) is 5.92 Å². The number of amides is 2. The minimum Gasteiger partial charge on any atom is -0.385 e. The number of rotatable bonds is 7. The molecule has 0 bridgehead atoms. The number of thiophene rings is 1. The number of carbonyl (C=O) groups excluding carboxylic acids is 2. The molecule has 2 amide bonds. The van der Waals surface area contributed by atoms with E-state index in [0.29, 0.717) is 31.8 Å². The van der Waals surface area contributed by atoms with Gasteiger partial charge in [-0.25, -0.2) is 0 Å². The Morgan fingerprint density at radius 2 is 2.03 bits per heavy atom. The fourth-order valence-corrected chi connectivity index (χ4v) is 6.07. The molecule has 1 N–H and O–H groups in total. The summed E-state index contributed by atoms with van der Waals surface area (Å²) in [6, 6.07) is 4.39. The average molecular weight is 446 g/mol. The van der Waals surface area contributed by atoms with Gasteiger partial charge in [0.25, 0.3) is 5.91 Å². The molecule has 4 rings (SSSR count). The largest absolute Gasteiger partial charge is 0.385 e. The number of aryl methyl sites for hydroxylation is 1. The van der Waals surface area contributed by atoms with Crippen molar-refractivity contribution in [3.05, 3.63) is 22.7 Å². The lowest BCUT2D eigenvalue weighted by atomic mass is 9.86. The molecule has 0 radical (unpaired) electrons. The zero-order chi connectivity index (χ0) is 22.2. The van der Waals surface area contributed by atoms with Crippen molar-refractivity contribution in [2.75, 3.05) is 20.3 Å². The first-order valence-electron chi connectivity index (χ1n) is 11.6. The van der Waals surface area contributed by atoms with E-state index in [9.17, 15) is 9.59 Å². The molecule has 1 atom stereocenters. The van der Waals surface area contributed by atoms with Crippen LogP contribution < -0.4 is 5.32 Å². The topological polar surface area (TPSA) is 63.6 Å². The van der Waals surface area contributed by atoms with Crippen LogP contribution in [0.15, 0.2) is 12.1 Å². The third-order valence-corrected chi connectivity index (χ3v) is 8.30. The van der Waals surface area contributed by atoms with E-state index in [2.05, 4.69) is 29.8 Å². The minimum atomic E-state index is -0.916. The van der Waals surface area contributed by atoms with Crippen molar-refractivity contribution in [1.29, 1.82) is 0 Å². The minimum absolute atomic E-state index is 0.0312. The standard InChI is InChI=1S/C24H35N3O3S/c1-5-18-13-19-21(31-18)14-20-22(28)27(11-6-12-30-4)24(3,15-26(19)20)23(29)25-17-9-7-16(2)8-10-17/h13-14,16-17H,5-12,15H2,1-4H3,(H,25,29)/t16?,17?,24-/m0/s1. The van der Waals surface area contributed by atoms with Crippen molar-refractivity contribution in [1.82, 2.24) is 14.8 Å². The Bertz CT molecular complexity index is 957. The zero-order valence-electron chi connectivity index (χ0n) is 19.2. The van der Waals surface area contributed by atoms with E-state index in [0.717, 1.165) is 48.2 Å². The van der Waals surface area contributed by atoms with Crippen LogP contribution in [0.3, 0.4) is 0 Å². The van der Waals surface area contributed by atoms with Gasteiger partial charge in [0.2, 0.25) is 5.91 Å². The second-order valence-electron chi connectivity index (χ2n) is 9.44. The number of ether oxygens (including phenoxy) is 1. The van der Waals surface area contributed by atoms with Crippen LogP contribution in [0.2, 0.25) is 0 Å². The van der Waals surface area contributed by atoms with Crippen molar-refractivity contribution in [2.45, 2.75) is 77.4 Å². The van der Waals surface area contributed by atoms with E-state index < -0.39 is 5.54 Å². The molecule has 2 aromatic rings. The summed E-state index contributed by atoms with van der Waals surface area (Å²) in [6.45, 7) is 7.92. The second kappa shape index (κ2) is 8.94. The molecule has 0 spiro atoms. The molecule has 6 nitrogen and oxygen atoms in total. The average Bonchev–Trinajstić information content (AvgIpc) is 3.30. The summed E-state index contributed by atoms with van der Waals surface area (Å²) < 4.78 is 8.42. The van der Waals surface area contributed by atoms with Gasteiger partial charge in [-0.15, -0.1) is 11.3 Å². The fraction of sp³-hybridized carbons (Fsp3) is 0.667. The summed E-state index contributed by atoms with van der Waals surface area (Å²) >= 11 is 1.74. The van der Waals surface area contributed by atoms with E-state index in [-0.39, 0.29) is 17.9 Å². The Morgan fingerprint density at radius 1 is 1.29 bits per heavy atom. The molecule has 1 aliphatic carbocycles. The molecule has 1 saturated carbocycles. The quantitative estimate of drug-likeness (QED) is 0.650. The summed E-state index contributed by atoms with van der Waals surface area (Å²) in [4.78, 5) is 30.3. The lowest BCUT2D eigenvalue weighted by Crippen LogP contribution is -2.65. The highest BCUT2D eigenvalue weighted by Gasteiger charge is 2.48. The number of aromatic nitrogens is 1. The van der Waals surface area contributed by atoms with Crippen molar-refractivity contribution in [3.63, 3.8) is 0 Å². The molecule has 1 fully saturated rings. The molecule has 170 valence electrons. The van der Waals surface area contributed by atoms with Crippen LogP contribution in [0.5, 0.6) is 0 Å². The highest BCUT2D eigenvalue weighted by atomic mass is 32.1. The highest BCUT2D eigenvalue weighted by molar-refractivity contribution is 7.19. The zero-order valence-corrected chi connectivity index (χ0v) is 20.0. The smallest absolute Gasteiger partial charge is 0.271 e. The van der Waals surface area contributed by atoms with Gasteiger partial charge < -0.3 is 19.5 Å². The number of fused-ring (bicyclic) bond motifs is 3. The van der Waals surface area contributed by atoms with Crippen LogP contribution in [0.25, 0.3) is 10.2 Å². The van der Waals surface area contributed by atoms with E-state index in [1.54, 1.807) is 23.3 Å². The molecule has 2 aliphatic rings. The van der Waals surface area contributed by atoms with Gasteiger partial charge in [0, 0.05) is 31.2 Å². The summed E-state index contributed by atoms with van der Waals surface area (Å²) in [7, 11) is 1.67. The monoisotopic (exact) mass is 445 g/mol. The molecular weight excluding hydrogens is 410 g/mol. The second-order valence-corrected chi connectivity index (χ2v) is 10.6. The highest BCUT2D eigenvalue weighted by Crippen LogP contribution is 2.36. The first-order chi connectivity index (χ1) is 14.9. The lowest BCUT2D eigenvalue weighted by Gasteiger charge is -2.45. The molecule has 1 aliphatic heterocycles. The molecule has 3 heterocycles. The van der Waals surface area contributed by atoms with Crippen molar-refractivity contribution >= 4 is 33.4 Å². The Hall–Kier alpha value is -1.86. The predicted octanol–water partition coefficient (Wildman–Crippen LogP) is 4.21. The normalized spacial score (nSPS) is 26.3. The van der Waals surface area contributed by atoms with E-state index in [1.165, 1.54) is 4.88 Å². The van der Waals surface area contributed by atoms with Gasteiger partial charge in [0.15, 0.2) is 0 Å². The summed E-state index contributed by atoms with van der Waals surface area (Å²) in [6.07, 6.45) is 6.02. The number of nitrogens with one attached hydrogen (secondary N) is 1. The van der Waals surface area contributed by atoms with Gasteiger partial charge >= 0.3 is 0 Å². The van der Waals surface area contributed by atoms with Gasteiger partial charge in [0.1, 0.15) is 11.2 Å². The van der Waals surface area contributed by atoms with Gasteiger partial charge in [-0.3, -0.25) is 9.59 Å². The van der Waals surface area contributed by atoms with E-state index in [1.807, 2.05) is 13.0 Å². The summed E-state index contributed by atoms with van der Waals surface area (Å²) in [5.41, 5.74) is 0.853. The van der Waals surface area contributed by atoms with Crippen molar-refractivity contribution in [3.8, 4) is 0 Å². The first kappa shape index (κ1) is 22.3. The molecular formula is C24H35N3O3S. The van der Waals surface area contributed by atoms with Gasteiger partial charge in [-0.05, 0) is 63.5 Å². The van der Waals surface area contributed by atoms with Gasteiger partial charge in [0.05, 0.1) is 16.8 Å². The summed E-state index contributed by atoms with van der Waals surface area (Å²) in [5, 5.41) is 3.30. The van der Waals surface area contributed by atoms with Gasteiger partial charge in [-0.1, -0.05) is 13.8 Å². The molecule has 0 saturated heterocycles. The molecule has 31 heavy (non-hydrogen) atoms. The Kier molecular flexibility index (Phi) is 6.44. The number of hydrogen-bond acceptors (Lipinski definition) is 4. The van der Waals surface area contributed by atoms with Crippen LogP contribution in [0, 0.1) is 5.92 Å². The lowest BCUT2D eigenvalue weighted by molar-refractivity contribution is -0.134. The third-order valence-electron chi connectivity index (χ3n) is 7.09. The SMILES string of the molecule is CCc1cc2c(cc3n2C[C@@](C)(C(=O)NC2CCC(C)CC2)N(CCCOC)C3=O)s1. The van der Waals surface area contributed by atoms with Crippen LogP contribution in [-0.2, 0) is 22.5 Å². The maximum Gasteiger partial charge on any atom is 0.271 e. The molecule has 7 heteroatoms. The van der Waals surface area contributed by atoms with Crippen LogP contribution in [0.1, 0.15) is 68.2 Å². The Labute approximate surface area is 188 Å². The van der Waals surface area contributed by atoms with Crippen molar-refractivity contribution < 1.29 is 14.3 Å². The molecule has 0 aromatic carbocycles. The molecule has 2 aromatic heterocycles. The Morgan fingerprint density at radius 3 is 2.71 bits per heavy atom. The fourth-order valence-electron chi connectivity index (χ4n) is 5.03. The number of carbonyl (C=O) groups is 2. The van der Waals surface area contributed by atoms with Crippen LogP contribution in [0.4, 0.5) is 0 Å². The maximum atomic E-state index is 13.6. The Balaban J connectivity index is 1.65. The number of nitrogens with zero attached hydrogens (tertiary/aromatic N) is 2. The van der Waals surface area contributed by atoms with Gasteiger partial charge in [-0.2, -0.15) is 0 Å².